The molecule has 0 aromatic rings. The highest BCUT2D eigenvalue weighted by Crippen LogP contribution is 2.00. The highest BCUT2D eigenvalue weighted by Gasteiger charge is 2.16. The summed E-state index contributed by atoms with van der Waals surface area (Å²) in [6.45, 7) is 10.4. The van der Waals surface area contributed by atoms with Crippen LogP contribution in [0.4, 0.5) is 0 Å². The van der Waals surface area contributed by atoms with Crippen LogP contribution in [0.2, 0.25) is 0 Å². The molecular weight excluding hydrogens is 220 g/mol. The highest BCUT2D eigenvalue weighted by atomic mass is 28.2. The van der Waals surface area contributed by atoms with Gasteiger partial charge in [0.15, 0.2) is 0 Å². The molecule has 0 aromatic heterocycles. The smallest absolute Gasteiger partial charge is 0.136 e. The van der Waals surface area contributed by atoms with Crippen molar-refractivity contribution in [2.24, 2.45) is 0 Å². The molecule has 0 N–H and O–H groups in total. The van der Waals surface area contributed by atoms with E-state index in [4.69, 9.17) is 9.47 Å². The summed E-state index contributed by atoms with van der Waals surface area (Å²) in [4.78, 5) is 4.94. The van der Waals surface area contributed by atoms with E-state index in [1.165, 1.54) is 32.3 Å². The van der Waals surface area contributed by atoms with E-state index in [1.807, 2.05) is 13.8 Å². The van der Waals surface area contributed by atoms with E-state index in [9.17, 15) is 0 Å². The van der Waals surface area contributed by atoms with Crippen LogP contribution in [0, 0.1) is 0 Å². The summed E-state index contributed by atoms with van der Waals surface area (Å²) >= 11 is 0. The monoisotopic (exact) mass is 246 g/mol. The largest absolute Gasteiger partial charge is 0.357 e. The van der Waals surface area contributed by atoms with Crippen LogP contribution in [-0.2, 0) is 9.47 Å². The maximum absolute atomic E-state index is 5.60. The van der Waals surface area contributed by atoms with Gasteiger partial charge in [-0.05, 0) is 27.1 Å². The number of hydrogen-bond donors (Lipinski definition) is 0. The Labute approximate surface area is 102 Å². The van der Waals surface area contributed by atoms with Gasteiger partial charge in [0.1, 0.15) is 15.4 Å². The molecule has 0 bridgehead atoms. The van der Waals surface area contributed by atoms with E-state index in [0.29, 0.717) is 0 Å². The van der Waals surface area contributed by atoms with Gasteiger partial charge in [0, 0.05) is 39.4 Å². The van der Waals surface area contributed by atoms with Crippen molar-refractivity contribution in [3.8, 4) is 0 Å². The van der Waals surface area contributed by atoms with Crippen molar-refractivity contribution in [1.29, 1.82) is 0 Å². The lowest BCUT2D eigenvalue weighted by Crippen LogP contribution is -2.47. The standard InChI is InChI=1S/C11H26N2O2Si/c1-4-14-11(15-5-2)16-10-13-8-6-12(3)7-9-13/h11H,4-10,16H2,1-3H3. The molecule has 1 heterocycles. The molecule has 0 unspecified atom stereocenters. The first-order valence-electron chi connectivity index (χ1n) is 6.40. The van der Waals surface area contributed by atoms with Crippen LogP contribution in [0.3, 0.4) is 0 Å². The molecule has 0 atom stereocenters. The highest BCUT2D eigenvalue weighted by molar-refractivity contribution is 6.36. The molecule has 1 rings (SSSR count). The van der Waals surface area contributed by atoms with Crippen molar-refractivity contribution in [3.63, 3.8) is 0 Å². The molecule has 16 heavy (non-hydrogen) atoms. The molecule has 1 fully saturated rings. The molecule has 4 nitrogen and oxygen atoms in total. The second-order valence-electron chi connectivity index (χ2n) is 4.27. The van der Waals surface area contributed by atoms with E-state index in [2.05, 4.69) is 16.8 Å². The Morgan fingerprint density at radius 3 is 2.12 bits per heavy atom. The molecule has 0 radical (unpaired) electrons. The molecule has 1 saturated heterocycles. The lowest BCUT2D eigenvalue weighted by Gasteiger charge is -2.33. The Balaban J connectivity index is 2.15. The van der Waals surface area contributed by atoms with Gasteiger partial charge in [-0.25, -0.2) is 0 Å². The van der Waals surface area contributed by atoms with E-state index in [1.54, 1.807) is 0 Å². The Hall–Kier alpha value is 0.0569. The van der Waals surface area contributed by atoms with Crippen molar-refractivity contribution in [3.05, 3.63) is 0 Å². The van der Waals surface area contributed by atoms with Crippen LogP contribution in [0.1, 0.15) is 13.8 Å². The first-order chi connectivity index (χ1) is 7.76. The van der Waals surface area contributed by atoms with Gasteiger partial charge in [-0.3, -0.25) is 0 Å². The predicted molar refractivity (Wildman–Crippen MR) is 69.5 cm³/mol. The van der Waals surface area contributed by atoms with Gasteiger partial charge in [0.25, 0.3) is 0 Å². The fourth-order valence-electron chi connectivity index (χ4n) is 1.95. The zero-order chi connectivity index (χ0) is 11.8. The lowest BCUT2D eigenvalue weighted by atomic mass is 10.4. The minimum absolute atomic E-state index is 0.120. The average Bonchev–Trinajstić information content (AvgIpc) is 2.29. The van der Waals surface area contributed by atoms with Gasteiger partial charge in [-0.2, -0.15) is 0 Å². The van der Waals surface area contributed by atoms with E-state index in [0.717, 1.165) is 13.2 Å². The molecule has 0 saturated carbocycles. The summed E-state index contributed by atoms with van der Waals surface area (Å²) in [5, 5.41) is 0. The van der Waals surface area contributed by atoms with Crippen LogP contribution in [0.5, 0.6) is 0 Å². The Bertz CT molecular complexity index is 169. The summed E-state index contributed by atoms with van der Waals surface area (Å²) in [6, 6.07) is 0. The fourth-order valence-corrected chi connectivity index (χ4v) is 3.77. The topological polar surface area (TPSA) is 24.9 Å². The predicted octanol–water partition coefficient (Wildman–Crippen LogP) is -0.283. The number of likely N-dealkylation sites (N-methyl/N-ethyl adjacent to an activating group) is 1. The van der Waals surface area contributed by atoms with Crippen molar-refractivity contribution in [2.75, 3.05) is 52.6 Å². The van der Waals surface area contributed by atoms with Crippen LogP contribution >= 0.6 is 0 Å². The van der Waals surface area contributed by atoms with Gasteiger partial charge >= 0.3 is 0 Å². The Morgan fingerprint density at radius 2 is 1.62 bits per heavy atom. The fraction of sp³-hybridized carbons (Fsp3) is 1.00. The van der Waals surface area contributed by atoms with E-state index < -0.39 is 0 Å². The number of hydrogen-bond acceptors (Lipinski definition) is 4. The maximum atomic E-state index is 5.60. The van der Waals surface area contributed by atoms with Crippen molar-refractivity contribution in [2.45, 2.75) is 19.8 Å². The molecule has 0 aromatic carbocycles. The molecule has 0 spiro atoms. The van der Waals surface area contributed by atoms with Crippen molar-refractivity contribution >= 4 is 9.52 Å². The summed E-state index contributed by atoms with van der Waals surface area (Å²) in [5.74, 6) is 0.120. The molecule has 96 valence electrons. The zero-order valence-electron chi connectivity index (χ0n) is 10.9. The van der Waals surface area contributed by atoms with Crippen LogP contribution < -0.4 is 0 Å². The van der Waals surface area contributed by atoms with Gasteiger partial charge in [0.05, 0.1) is 0 Å². The molecule has 5 heteroatoms. The summed E-state index contributed by atoms with van der Waals surface area (Å²) in [6.07, 6.45) is 1.22. The van der Waals surface area contributed by atoms with Crippen LogP contribution in [-0.4, -0.2) is 77.8 Å². The second kappa shape index (κ2) is 8.19. The zero-order valence-corrected chi connectivity index (χ0v) is 12.4. The quantitative estimate of drug-likeness (QED) is 0.455. The summed E-state index contributed by atoms with van der Waals surface area (Å²) in [7, 11) is 1.90. The van der Waals surface area contributed by atoms with Crippen LogP contribution in [0.25, 0.3) is 0 Å². The van der Waals surface area contributed by atoms with E-state index >= 15 is 0 Å². The summed E-state index contributed by atoms with van der Waals surface area (Å²) in [5.41, 5.74) is 0. The number of ether oxygens (including phenoxy) is 2. The SMILES string of the molecule is CCOC(OCC)[SiH2]CN1CCN(C)CC1. The molecule has 0 aliphatic carbocycles. The molecular formula is C11H26N2O2Si. The van der Waals surface area contributed by atoms with Crippen molar-refractivity contribution < 1.29 is 9.47 Å². The first kappa shape index (κ1) is 14.1. The Kier molecular flexibility index (Phi) is 7.23. The molecule has 1 aliphatic heterocycles. The number of nitrogens with zero attached hydrogens (tertiary/aromatic N) is 2. The normalized spacial score (nSPS) is 20.2. The van der Waals surface area contributed by atoms with Gasteiger partial charge in [0.2, 0.25) is 0 Å². The van der Waals surface area contributed by atoms with E-state index in [-0.39, 0.29) is 15.4 Å². The third-order valence-electron chi connectivity index (χ3n) is 2.98. The van der Waals surface area contributed by atoms with Gasteiger partial charge in [-0.1, -0.05) is 0 Å². The van der Waals surface area contributed by atoms with Gasteiger partial charge in [-0.15, -0.1) is 0 Å². The Morgan fingerprint density at radius 1 is 1.06 bits per heavy atom. The third kappa shape index (κ3) is 5.40. The maximum Gasteiger partial charge on any atom is 0.136 e. The lowest BCUT2D eigenvalue weighted by molar-refractivity contribution is -0.0835. The second-order valence-corrected chi connectivity index (χ2v) is 5.97. The number of rotatable bonds is 7. The summed E-state index contributed by atoms with van der Waals surface area (Å²) < 4.78 is 11.2. The molecule has 0 amide bonds. The average molecular weight is 246 g/mol. The minimum Gasteiger partial charge on any atom is -0.357 e. The molecule has 1 aliphatic rings. The third-order valence-corrected chi connectivity index (χ3v) is 4.82. The van der Waals surface area contributed by atoms with Gasteiger partial charge < -0.3 is 19.3 Å². The van der Waals surface area contributed by atoms with Crippen molar-refractivity contribution in [1.82, 2.24) is 9.80 Å². The number of piperazine rings is 1. The minimum atomic E-state index is -0.295. The first-order valence-corrected chi connectivity index (χ1v) is 8.22. The van der Waals surface area contributed by atoms with Crippen LogP contribution in [0.15, 0.2) is 0 Å².